The van der Waals surface area contributed by atoms with Crippen LogP contribution < -0.4 is 0 Å². The highest BCUT2D eigenvalue weighted by Gasteiger charge is 2.37. The smallest absolute Gasteiger partial charge is 0.410 e. The largest absolute Gasteiger partial charge is 0.444 e. The Morgan fingerprint density at radius 1 is 0.972 bits per heavy atom. The third kappa shape index (κ3) is 7.52. The number of rotatable bonds is 4. The van der Waals surface area contributed by atoms with E-state index in [1.54, 1.807) is 4.90 Å². The molecule has 0 saturated carbocycles. The molecule has 5 heteroatoms. The van der Waals surface area contributed by atoms with Gasteiger partial charge in [-0.3, -0.25) is 0 Å². The van der Waals surface area contributed by atoms with E-state index in [9.17, 15) is 9.90 Å². The SMILES string of the molecule is CC(C)(C)S(C)(c1ccccc1)c1ccccc1.CC(C)C1CCCN(C(=O)OC(C)(C)C)C1CO. The Bertz CT molecular complexity index is 892. The zero-order chi connectivity index (χ0) is 27.1. The zero-order valence-corrected chi connectivity index (χ0v) is 24.8. The number of nitrogens with zero attached hydrogens (tertiary/aromatic N) is 1. The summed E-state index contributed by atoms with van der Waals surface area (Å²) in [5.41, 5.74) is -0.484. The van der Waals surface area contributed by atoms with Gasteiger partial charge in [0.1, 0.15) is 5.60 Å². The van der Waals surface area contributed by atoms with Gasteiger partial charge in [0.15, 0.2) is 0 Å². The van der Waals surface area contributed by atoms with Crippen molar-refractivity contribution in [3.05, 3.63) is 60.7 Å². The maximum Gasteiger partial charge on any atom is 0.410 e. The summed E-state index contributed by atoms with van der Waals surface area (Å²) in [7, 11) is -1.01. The first-order valence-corrected chi connectivity index (χ1v) is 15.2. The molecule has 36 heavy (non-hydrogen) atoms. The van der Waals surface area contributed by atoms with Gasteiger partial charge in [0.25, 0.3) is 0 Å². The summed E-state index contributed by atoms with van der Waals surface area (Å²) in [5, 5.41) is 9.58. The van der Waals surface area contributed by atoms with Crippen LogP contribution in [0.4, 0.5) is 4.79 Å². The lowest BCUT2D eigenvalue weighted by atomic mass is 9.81. The predicted octanol–water partition coefficient (Wildman–Crippen LogP) is 7.99. The number of aliphatic hydroxyl groups excluding tert-OH is 1. The van der Waals surface area contributed by atoms with E-state index in [0.29, 0.717) is 18.4 Å². The highest BCUT2D eigenvalue weighted by Crippen LogP contribution is 2.67. The van der Waals surface area contributed by atoms with Gasteiger partial charge in [-0.15, -0.1) is 0 Å². The van der Waals surface area contributed by atoms with Crippen LogP contribution in [-0.4, -0.2) is 51.9 Å². The van der Waals surface area contributed by atoms with Crippen molar-refractivity contribution in [2.24, 2.45) is 11.8 Å². The van der Waals surface area contributed by atoms with Gasteiger partial charge in [-0.05, 0) is 90.5 Å². The van der Waals surface area contributed by atoms with Crippen LogP contribution in [0, 0.1) is 11.8 Å². The molecular formula is C31H49NO3S. The standard InChI is InChI=1S/C17H22S.C14H27NO3/c1-17(2,3)18(4,15-11-7-5-8-12-15)16-13-9-6-10-14-16;1-10(2)11-7-6-8-15(12(11)9-16)13(17)18-14(3,4)5/h5-14H,1-4H3;10-12,16H,6-9H2,1-5H3. The van der Waals surface area contributed by atoms with Gasteiger partial charge in [-0.25, -0.2) is 4.79 Å². The Morgan fingerprint density at radius 3 is 1.81 bits per heavy atom. The molecule has 2 aromatic carbocycles. The zero-order valence-electron chi connectivity index (χ0n) is 24.0. The van der Waals surface area contributed by atoms with E-state index in [1.807, 2.05) is 20.8 Å². The van der Waals surface area contributed by atoms with Crippen LogP contribution in [-0.2, 0) is 4.74 Å². The van der Waals surface area contributed by atoms with Gasteiger partial charge in [-0.1, -0.05) is 71.0 Å². The van der Waals surface area contributed by atoms with Gasteiger partial charge in [0, 0.05) is 6.54 Å². The van der Waals surface area contributed by atoms with Crippen LogP contribution in [0.15, 0.2) is 70.5 Å². The molecule has 1 N–H and O–H groups in total. The van der Waals surface area contributed by atoms with Crippen LogP contribution in [0.1, 0.15) is 68.2 Å². The van der Waals surface area contributed by atoms with E-state index >= 15 is 0 Å². The van der Waals surface area contributed by atoms with Gasteiger partial charge < -0.3 is 14.7 Å². The Morgan fingerprint density at radius 2 is 1.44 bits per heavy atom. The highest BCUT2D eigenvalue weighted by atomic mass is 32.3. The Labute approximate surface area is 221 Å². The van der Waals surface area contributed by atoms with Gasteiger partial charge in [0.2, 0.25) is 0 Å². The fourth-order valence-electron chi connectivity index (χ4n) is 4.87. The highest BCUT2D eigenvalue weighted by molar-refractivity contribution is 8.34. The minimum absolute atomic E-state index is 0.0160. The number of piperidine rings is 1. The minimum atomic E-state index is -1.01. The minimum Gasteiger partial charge on any atom is -0.444 e. The molecule has 1 amide bonds. The number of carbonyl (C=O) groups is 1. The lowest BCUT2D eigenvalue weighted by Crippen LogP contribution is -2.53. The first-order chi connectivity index (χ1) is 16.7. The third-order valence-electron chi connectivity index (χ3n) is 7.16. The lowest BCUT2D eigenvalue weighted by Gasteiger charge is -2.48. The quantitative estimate of drug-likeness (QED) is 0.449. The molecule has 1 saturated heterocycles. The number of benzene rings is 2. The fraction of sp³-hybridized carbons (Fsp3) is 0.581. The van der Waals surface area contributed by atoms with E-state index in [1.165, 1.54) is 9.79 Å². The normalized spacial score (nSPS) is 19.4. The fourth-order valence-corrected chi connectivity index (χ4v) is 7.96. The molecule has 2 aromatic rings. The van der Waals surface area contributed by atoms with Crippen molar-refractivity contribution < 1.29 is 14.6 Å². The molecule has 0 radical (unpaired) electrons. The monoisotopic (exact) mass is 515 g/mol. The second kappa shape index (κ2) is 12.5. The third-order valence-corrected chi connectivity index (χ3v) is 12.0. The van der Waals surface area contributed by atoms with E-state index in [4.69, 9.17) is 4.74 Å². The molecule has 3 rings (SSSR count). The molecule has 1 aliphatic heterocycles. The summed E-state index contributed by atoms with van der Waals surface area (Å²) < 4.78 is 5.66. The van der Waals surface area contributed by atoms with Crippen LogP contribution in [0.25, 0.3) is 0 Å². The van der Waals surface area contributed by atoms with Crippen LogP contribution in [0.5, 0.6) is 0 Å². The average molecular weight is 516 g/mol. The van der Waals surface area contributed by atoms with Crippen LogP contribution in [0.2, 0.25) is 0 Å². The molecule has 2 atom stereocenters. The Balaban J connectivity index is 0.000000254. The summed E-state index contributed by atoms with van der Waals surface area (Å²) in [5.74, 6) is 0.823. The number of amides is 1. The van der Waals surface area contributed by atoms with E-state index in [2.05, 4.69) is 102 Å². The molecule has 4 nitrogen and oxygen atoms in total. The van der Waals surface area contributed by atoms with Crippen LogP contribution in [0.3, 0.4) is 0 Å². The van der Waals surface area contributed by atoms with E-state index < -0.39 is 15.6 Å². The second-order valence-corrected chi connectivity index (χ2v) is 16.1. The average Bonchev–Trinajstić information content (AvgIpc) is 2.82. The molecular weight excluding hydrogens is 466 g/mol. The van der Waals surface area contributed by atoms with Gasteiger partial charge in [0.05, 0.1) is 12.6 Å². The summed E-state index contributed by atoms with van der Waals surface area (Å²) in [6.45, 7) is 17.6. The topological polar surface area (TPSA) is 49.8 Å². The predicted molar refractivity (Wildman–Crippen MR) is 154 cm³/mol. The molecule has 1 aliphatic rings. The first kappa shape index (κ1) is 30.2. The number of aliphatic hydroxyl groups is 1. The molecule has 1 heterocycles. The molecule has 1 fully saturated rings. The molecule has 202 valence electrons. The number of ether oxygens (including phenoxy) is 1. The maximum atomic E-state index is 12.1. The summed E-state index contributed by atoms with van der Waals surface area (Å²) >= 11 is 0. The Hall–Kier alpha value is -1.98. The first-order valence-electron chi connectivity index (χ1n) is 13.2. The van der Waals surface area contributed by atoms with Crippen molar-refractivity contribution in [2.45, 2.75) is 94.4 Å². The van der Waals surface area contributed by atoms with Crippen LogP contribution >= 0.6 is 10.0 Å². The summed E-state index contributed by atoms with van der Waals surface area (Å²) in [6, 6.07) is 21.8. The van der Waals surface area contributed by atoms with Gasteiger partial charge in [-0.2, -0.15) is 10.0 Å². The van der Waals surface area contributed by atoms with Gasteiger partial charge >= 0.3 is 6.09 Å². The molecule has 0 spiro atoms. The second-order valence-electron chi connectivity index (χ2n) is 12.1. The van der Waals surface area contributed by atoms with Crippen molar-refractivity contribution in [3.63, 3.8) is 0 Å². The lowest BCUT2D eigenvalue weighted by molar-refractivity contribution is -0.0175. The Kier molecular flexibility index (Phi) is 10.5. The van der Waals surface area contributed by atoms with E-state index in [-0.39, 0.29) is 23.5 Å². The maximum absolute atomic E-state index is 12.1. The number of hydrogen-bond acceptors (Lipinski definition) is 3. The molecule has 0 bridgehead atoms. The van der Waals surface area contributed by atoms with Crippen molar-refractivity contribution in [1.29, 1.82) is 0 Å². The summed E-state index contributed by atoms with van der Waals surface area (Å²) in [4.78, 5) is 16.8. The van der Waals surface area contributed by atoms with Crippen molar-refractivity contribution in [2.75, 3.05) is 19.4 Å². The van der Waals surface area contributed by atoms with Crippen molar-refractivity contribution in [3.8, 4) is 0 Å². The molecule has 0 aromatic heterocycles. The number of carbonyl (C=O) groups excluding carboxylic acids is 1. The molecule has 0 aliphatic carbocycles. The summed E-state index contributed by atoms with van der Waals surface area (Å²) in [6.07, 6.45) is 4.19. The van der Waals surface area contributed by atoms with E-state index in [0.717, 1.165) is 12.8 Å². The van der Waals surface area contributed by atoms with Crippen molar-refractivity contribution in [1.82, 2.24) is 4.90 Å². The van der Waals surface area contributed by atoms with Crippen molar-refractivity contribution >= 4 is 16.1 Å². The number of hydrogen-bond donors (Lipinski definition) is 1. The molecule has 2 unspecified atom stereocenters. The number of likely N-dealkylation sites (tertiary alicyclic amines) is 1.